The van der Waals surface area contributed by atoms with Gasteiger partial charge in [0, 0.05) is 43.4 Å². The highest BCUT2D eigenvalue weighted by Gasteiger charge is 2.34. The molecule has 2 aliphatic rings. The number of sulfonamides is 1. The number of carbonyl (C=O) groups excluding carboxylic acids is 1. The highest BCUT2D eigenvalue weighted by molar-refractivity contribution is 7.89. The SMILES string of the molecule is CC1CCCCN1C(=O)C1CCC(NS(=O)(=O)c2ccc3c(Cl)c(-c4ccc(CCC(=O)O)cc4)n(C)c3c2)CC1. The van der Waals surface area contributed by atoms with Gasteiger partial charge in [-0.1, -0.05) is 35.9 Å². The molecular formula is C31H38ClN3O5S. The summed E-state index contributed by atoms with van der Waals surface area (Å²) in [5.41, 5.74) is 3.25. The number of nitrogens with zero attached hydrogens (tertiary/aromatic N) is 2. The van der Waals surface area contributed by atoms with Crippen LogP contribution >= 0.6 is 11.6 Å². The molecule has 1 saturated heterocycles. The number of nitrogens with one attached hydrogen (secondary N) is 1. The van der Waals surface area contributed by atoms with Gasteiger partial charge in [0.1, 0.15) is 0 Å². The summed E-state index contributed by atoms with van der Waals surface area (Å²) in [6.45, 7) is 2.95. The fourth-order valence-corrected chi connectivity index (χ4v) is 8.06. The lowest BCUT2D eigenvalue weighted by Gasteiger charge is -2.38. The Morgan fingerprint density at radius 3 is 2.39 bits per heavy atom. The van der Waals surface area contributed by atoms with Crippen LogP contribution in [0.3, 0.4) is 0 Å². The first-order valence-electron chi connectivity index (χ1n) is 14.5. The Kier molecular flexibility index (Phi) is 8.78. The fraction of sp³-hybridized carbons (Fsp3) is 0.484. The molecule has 0 spiro atoms. The Labute approximate surface area is 246 Å². The number of halogens is 1. The lowest BCUT2D eigenvalue weighted by atomic mass is 9.85. The molecule has 220 valence electrons. The molecule has 1 unspecified atom stereocenters. The van der Waals surface area contributed by atoms with Gasteiger partial charge in [-0.25, -0.2) is 13.1 Å². The average molecular weight is 600 g/mol. The van der Waals surface area contributed by atoms with Gasteiger partial charge in [0.2, 0.25) is 15.9 Å². The first-order chi connectivity index (χ1) is 19.5. The summed E-state index contributed by atoms with van der Waals surface area (Å²) in [6.07, 6.45) is 6.47. The van der Waals surface area contributed by atoms with Gasteiger partial charge in [-0.3, -0.25) is 9.59 Å². The number of benzene rings is 2. The molecule has 2 fully saturated rings. The van der Waals surface area contributed by atoms with Crippen molar-refractivity contribution in [2.75, 3.05) is 6.54 Å². The second-order valence-corrected chi connectivity index (χ2v) is 13.6. The van der Waals surface area contributed by atoms with Crippen molar-refractivity contribution in [2.24, 2.45) is 13.0 Å². The molecule has 1 saturated carbocycles. The molecule has 1 aliphatic carbocycles. The van der Waals surface area contributed by atoms with Crippen molar-refractivity contribution < 1.29 is 23.1 Å². The maximum atomic E-state index is 13.4. The monoisotopic (exact) mass is 599 g/mol. The lowest BCUT2D eigenvalue weighted by molar-refractivity contribution is -0.140. The summed E-state index contributed by atoms with van der Waals surface area (Å²) in [5, 5.41) is 10.2. The number of aromatic nitrogens is 1. The molecule has 1 atom stereocenters. The van der Waals surface area contributed by atoms with E-state index in [1.54, 1.807) is 18.2 Å². The van der Waals surface area contributed by atoms with E-state index < -0.39 is 16.0 Å². The Hall–Kier alpha value is -2.88. The number of carbonyl (C=O) groups is 2. The van der Waals surface area contributed by atoms with Gasteiger partial charge >= 0.3 is 5.97 Å². The minimum atomic E-state index is -3.77. The normalized spacial score (nSPS) is 21.7. The zero-order valence-electron chi connectivity index (χ0n) is 23.6. The van der Waals surface area contributed by atoms with Gasteiger partial charge in [-0.05, 0) is 87.6 Å². The Morgan fingerprint density at radius 1 is 1.02 bits per heavy atom. The average Bonchev–Trinajstić information content (AvgIpc) is 3.21. The minimum absolute atomic E-state index is 0.0252. The number of hydrogen-bond donors (Lipinski definition) is 2. The predicted octanol–water partition coefficient (Wildman–Crippen LogP) is 5.75. The van der Waals surface area contributed by atoms with E-state index in [9.17, 15) is 18.0 Å². The van der Waals surface area contributed by atoms with Crippen molar-refractivity contribution in [3.63, 3.8) is 0 Å². The van der Waals surface area contributed by atoms with Crippen LogP contribution in [0.1, 0.15) is 63.9 Å². The van der Waals surface area contributed by atoms with E-state index in [0.717, 1.165) is 41.6 Å². The van der Waals surface area contributed by atoms with Crippen LogP contribution in [0.15, 0.2) is 47.4 Å². The van der Waals surface area contributed by atoms with E-state index in [4.69, 9.17) is 16.7 Å². The third-order valence-electron chi connectivity index (χ3n) is 8.76. The topological polar surface area (TPSA) is 109 Å². The van der Waals surface area contributed by atoms with Crippen LogP contribution in [-0.4, -0.2) is 53.5 Å². The molecule has 1 aliphatic heterocycles. The molecule has 41 heavy (non-hydrogen) atoms. The van der Waals surface area contributed by atoms with Crippen LogP contribution in [0.5, 0.6) is 0 Å². The Morgan fingerprint density at radius 2 is 1.73 bits per heavy atom. The maximum Gasteiger partial charge on any atom is 0.303 e. The van der Waals surface area contributed by atoms with E-state index >= 15 is 0 Å². The Balaban J connectivity index is 1.28. The summed E-state index contributed by atoms with van der Waals surface area (Å²) < 4.78 is 31.6. The molecule has 3 aromatic rings. The van der Waals surface area contributed by atoms with Gasteiger partial charge in [0.05, 0.1) is 21.1 Å². The van der Waals surface area contributed by atoms with Crippen LogP contribution in [0, 0.1) is 5.92 Å². The number of fused-ring (bicyclic) bond motifs is 1. The number of hydrogen-bond acceptors (Lipinski definition) is 4. The Bertz CT molecular complexity index is 1540. The fourth-order valence-electron chi connectivity index (χ4n) is 6.34. The first-order valence-corrected chi connectivity index (χ1v) is 16.3. The number of rotatable bonds is 8. The number of carboxylic acid groups (broad SMARTS) is 1. The van der Waals surface area contributed by atoms with E-state index in [1.165, 1.54) is 6.42 Å². The molecule has 10 heteroatoms. The molecule has 0 radical (unpaired) electrons. The number of piperidine rings is 1. The van der Waals surface area contributed by atoms with E-state index in [-0.39, 0.29) is 35.2 Å². The number of amides is 1. The quantitative estimate of drug-likeness (QED) is 0.342. The van der Waals surface area contributed by atoms with Crippen LogP contribution in [-0.2, 0) is 33.1 Å². The molecule has 1 amide bonds. The predicted molar refractivity (Wildman–Crippen MR) is 160 cm³/mol. The largest absolute Gasteiger partial charge is 0.481 e. The van der Waals surface area contributed by atoms with Gasteiger partial charge < -0.3 is 14.6 Å². The first kappa shape index (κ1) is 29.6. The van der Waals surface area contributed by atoms with Crippen LogP contribution < -0.4 is 4.72 Å². The number of likely N-dealkylation sites (tertiary alicyclic amines) is 1. The van der Waals surface area contributed by atoms with Crippen LogP contribution in [0.25, 0.3) is 22.2 Å². The highest BCUT2D eigenvalue weighted by atomic mass is 35.5. The number of aliphatic carboxylic acids is 1. The van der Waals surface area contributed by atoms with Crippen molar-refractivity contribution in [2.45, 2.75) is 81.7 Å². The summed E-state index contributed by atoms with van der Waals surface area (Å²) in [4.78, 5) is 26.2. The zero-order valence-corrected chi connectivity index (χ0v) is 25.2. The lowest BCUT2D eigenvalue weighted by Crippen LogP contribution is -2.47. The van der Waals surface area contributed by atoms with Crippen molar-refractivity contribution in [3.8, 4) is 11.3 Å². The van der Waals surface area contributed by atoms with Crippen molar-refractivity contribution in [3.05, 3.63) is 53.1 Å². The third-order valence-corrected chi connectivity index (χ3v) is 10.7. The third kappa shape index (κ3) is 6.32. The summed E-state index contributed by atoms with van der Waals surface area (Å²) in [5.74, 6) is -0.630. The second-order valence-electron chi connectivity index (χ2n) is 11.5. The molecule has 2 heterocycles. The molecule has 8 nitrogen and oxygen atoms in total. The molecule has 1 aromatic heterocycles. The molecule has 2 aromatic carbocycles. The van der Waals surface area contributed by atoms with Crippen molar-refractivity contribution in [1.82, 2.24) is 14.2 Å². The molecule has 5 rings (SSSR count). The zero-order chi connectivity index (χ0) is 29.3. The molecule has 2 N–H and O–H groups in total. The van der Waals surface area contributed by atoms with Crippen LogP contribution in [0.2, 0.25) is 5.02 Å². The highest BCUT2D eigenvalue weighted by Crippen LogP contribution is 2.38. The molecular weight excluding hydrogens is 562 g/mol. The van der Waals surface area contributed by atoms with Gasteiger partial charge in [0.25, 0.3) is 0 Å². The summed E-state index contributed by atoms with van der Waals surface area (Å²) in [7, 11) is -1.92. The van der Waals surface area contributed by atoms with E-state index in [0.29, 0.717) is 42.6 Å². The standard InChI is InChI=1S/C31H38ClN3O5S/c1-20-5-3-4-18-35(20)31(38)23-11-13-24(14-12-23)33-41(39,40)25-15-16-26-27(19-25)34(2)30(29(26)32)22-9-6-21(7-10-22)8-17-28(36)37/h6-7,9-10,15-16,19-20,23-24,33H,3-5,8,11-14,17-18H2,1-2H3,(H,36,37). The van der Waals surface area contributed by atoms with E-state index in [2.05, 4.69) is 11.6 Å². The smallest absolute Gasteiger partial charge is 0.303 e. The van der Waals surface area contributed by atoms with Gasteiger partial charge in [-0.2, -0.15) is 0 Å². The van der Waals surface area contributed by atoms with Gasteiger partial charge in [0.15, 0.2) is 0 Å². The van der Waals surface area contributed by atoms with Gasteiger partial charge in [-0.15, -0.1) is 0 Å². The van der Waals surface area contributed by atoms with Crippen molar-refractivity contribution >= 4 is 44.4 Å². The van der Waals surface area contributed by atoms with Crippen LogP contribution in [0.4, 0.5) is 0 Å². The minimum Gasteiger partial charge on any atom is -0.481 e. The summed E-state index contributed by atoms with van der Waals surface area (Å²) in [6, 6.07) is 12.7. The molecule has 0 bridgehead atoms. The maximum absolute atomic E-state index is 13.4. The number of aryl methyl sites for hydroxylation is 2. The van der Waals surface area contributed by atoms with Crippen molar-refractivity contribution in [1.29, 1.82) is 0 Å². The number of carboxylic acids is 1. The second kappa shape index (κ2) is 12.2. The van der Waals surface area contributed by atoms with E-state index in [1.807, 2.05) is 40.8 Å². The summed E-state index contributed by atoms with van der Waals surface area (Å²) >= 11 is 6.77.